The third kappa shape index (κ3) is 5.70. The molecule has 6 nitrogen and oxygen atoms in total. The van der Waals surface area contributed by atoms with E-state index in [2.05, 4.69) is 15.1 Å². The Hall–Kier alpha value is -1.63. The summed E-state index contributed by atoms with van der Waals surface area (Å²) in [5.74, 6) is 0.925. The lowest BCUT2D eigenvalue weighted by molar-refractivity contribution is -0.126. The number of hydrogen-bond acceptors (Lipinski definition) is 5. The van der Waals surface area contributed by atoms with Crippen LogP contribution in [0.2, 0.25) is 0 Å². The van der Waals surface area contributed by atoms with Gasteiger partial charge >= 0.3 is 0 Å². The number of para-hydroxylation sites is 1. The van der Waals surface area contributed by atoms with Crippen molar-refractivity contribution in [3.8, 4) is 5.75 Å². The van der Waals surface area contributed by atoms with Gasteiger partial charge in [-0.3, -0.25) is 14.6 Å². The van der Waals surface area contributed by atoms with Gasteiger partial charge in [-0.05, 0) is 31.9 Å². The molecule has 0 spiro atoms. The van der Waals surface area contributed by atoms with E-state index in [4.69, 9.17) is 4.74 Å². The van der Waals surface area contributed by atoms with Crippen LogP contribution in [0.15, 0.2) is 30.3 Å². The highest BCUT2D eigenvalue weighted by molar-refractivity contribution is 5.81. The second kappa shape index (κ2) is 8.65. The average molecular weight is 347 g/mol. The number of nitrogens with zero attached hydrogens (tertiary/aromatic N) is 2. The molecule has 1 aromatic carbocycles. The van der Waals surface area contributed by atoms with Crippen LogP contribution in [0.3, 0.4) is 0 Å². The number of aliphatic hydroxyl groups is 1. The predicted molar refractivity (Wildman–Crippen MR) is 96.6 cm³/mol. The summed E-state index contributed by atoms with van der Waals surface area (Å²) < 4.78 is 5.60. The Morgan fingerprint density at radius 1 is 1.24 bits per heavy atom. The first kappa shape index (κ1) is 18.2. The maximum atomic E-state index is 12.1. The van der Waals surface area contributed by atoms with E-state index in [1.54, 1.807) is 0 Å². The summed E-state index contributed by atoms with van der Waals surface area (Å²) in [4.78, 5) is 16.6. The topological polar surface area (TPSA) is 65.0 Å². The van der Waals surface area contributed by atoms with Crippen molar-refractivity contribution in [3.05, 3.63) is 30.3 Å². The molecular formula is C19H29N3O3. The van der Waals surface area contributed by atoms with E-state index in [0.29, 0.717) is 19.2 Å². The molecule has 1 aromatic rings. The molecule has 3 rings (SSSR count). The molecule has 2 atom stereocenters. The molecule has 25 heavy (non-hydrogen) atoms. The molecule has 0 bridgehead atoms. The first-order chi connectivity index (χ1) is 12.1. The summed E-state index contributed by atoms with van der Waals surface area (Å²) in [6, 6.07) is 9.89. The molecule has 0 aromatic heterocycles. The summed E-state index contributed by atoms with van der Waals surface area (Å²) in [6.45, 7) is 6.31. The maximum absolute atomic E-state index is 12.1. The zero-order valence-electron chi connectivity index (χ0n) is 14.9. The van der Waals surface area contributed by atoms with Crippen LogP contribution in [0.25, 0.3) is 0 Å². The molecule has 2 aliphatic rings. The summed E-state index contributed by atoms with van der Waals surface area (Å²) in [5, 5.41) is 13.3. The SMILES string of the molecule is C[C@@H](C(=O)NC1CC1)N1CCN(C[C@@H](O)COc2ccccc2)CC1. The number of β-amino-alcohol motifs (C(OH)–C–C–N with tert-alkyl or cyclic N) is 1. The van der Waals surface area contributed by atoms with Crippen molar-refractivity contribution < 1.29 is 14.6 Å². The lowest BCUT2D eigenvalue weighted by Gasteiger charge is -2.38. The highest BCUT2D eigenvalue weighted by atomic mass is 16.5. The molecule has 2 fully saturated rings. The minimum Gasteiger partial charge on any atom is -0.491 e. The van der Waals surface area contributed by atoms with Crippen LogP contribution in [0.4, 0.5) is 0 Å². The van der Waals surface area contributed by atoms with Gasteiger partial charge in [-0.15, -0.1) is 0 Å². The molecular weight excluding hydrogens is 318 g/mol. The normalized spacial score (nSPS) is 21.5. The van der Waals surface area contributed by atoms with Gasteiger partial charge in [0.2, 0.25) is 5.91 Å². The minimum atomic E-state index is -0.512. The van der Waals surface area contributed by atoms with Crippen LogP contribution in [0.5, 0.6) is 5.75 Å². The number of amides is 1. The summed E-state index contributed by atoms with van der Waals surface area (Å²) in [5.41, 5.74) is 0. The van der Waals surface area contributed by atoms with Crippen LogP contribution < -0.4 is 10.1 Å². The Kier molecular flexibility index (Phi) is 6.29. The van der Waals surface area contributed by atoms with Crippen molar-refractivity contribution in [3.63, 3.8) is 0 Å². The molecule has 138 valence electrons. The van der Waals surface area contributed by atoms with E-state index >= 15 is 0 Å². The zero-order valence-corrected chi connectivity index (χ0v) is 14.9. The van der Waals surface area contributed by atoms with E-state index in [1.165, 1.54) is 0 Å². The van der Waals surface area contributed by atoms with E-state index in [9.17, 15) is 9.90 Å². The number of carbonyl (C=O) groups is 1. The van der Waals surface area contributed by atoms with Crippen LogP contribution >= 0.6 is 0 Å². The first-order valence-electron chi connectivity index (χ1n) is 9.24. The number of rotatable bonds is 8. The molecule has 1 aliphatic heterocycles. The Bertz CT molecular complexity index is 542. The Morgan fingerprint density at radius 2 is 1.92 bits per heavy atom. The van der Waals surface area contributed by atoms with Crippen LogP contribution in [0.1, 0.15) is 19.8 Å². The van der Waals surface area contributed by atoms with Gasteiger partial charge in [0.1, 0.15) is 18.5 Å². The summed E-state index contributed by atoms with van der Waals surface area (Å²) in [7, 11) is 0. The largest absolute Gasteiger partial charge is 0.491 e. The Morgan fingerprint density at radius 3 is 2.56 bits per heavy atom. The van der Waals surface area contributed by atoms with E-state index in [1.807, 2.05) is 37.3 Å². The Balaban J connectivity index is 1.34. The average Bonchev–Trinajstić information content (AvgIpc) is 3.45. The third-order valence-electron chi connectivity index (χ3n) is 4.91. The third-order valence-corrected chi connectivity index (χ3v) is 4.91. The molecule has 0 radical (unpaired) electrons. The Labute approximate surface area is 149 Å². The monoisotopic (exact) mass is 347 g/mol. The molecule has 1 saturated carbocycles. The standard InChI is InChI=1S/C19H29N3O3/c1-15(19(24)20-16-7-8-16)22-11-9-21(10-12-22)13-17(23)14-25-18-5-3-2-4-6-18/h2-6,15-17,23H,7-14H2,1H3,(H,20,24)/t15-,17+/m0/s1. The highest BCUT2D eigenvalue weighted by Gasteiger charge is 2.30. The van der Waals surface area contributed by atoms with Gasteiger partial charge < -0.3 is 15.2 Å². The molecule has 1 aliphatic carbocycles. The number of carbonyl (C=O) groups excluding carboxylic acids is 1. The molecule has 0 unspecified atom stereocenters. The molecule has 1 amide bonds. The van der Waals surface area contributed by atoms with Gasteiger partial charge in [-0.1, -0.05) is 18.2 Å². The number of piperazine rings is 1. The first-order valence-corrected chi connectivity index (χ1v) is 9.24. The lowest BCUT2D eigenvalue weighted by Crippen LogP contribution is -2.55. The van der Waals surface area contributed by atoms with Gasteiger partial charge in [0, 0.05) is 38.8 Å². The molecule has 1 heterocycles. The van der Waals surface area contributed by atoms with Gasteiger partial charge in [-0.2, -0.15) is 0 Å². The van der Waals surface area contributed by atoms with Crippen molar-refractivity contribution in [2.45, 2.75) is 38.0 Å². The van der Waals surface area contributed by atoms with Gasteiger partial charge in [-0.25, -0.2) is 0 Å². The maximum Gasteiger partial charge on any atom is 0.237 e. The molecule has 2 N–H and O–H groups in total. The highest BCUT2D eigenvalue weighted by Crippen LogP contribution is 2.19. The zero-order chi connectivity index (χ0) is 17.6. The van der Waals surface area contributed by atoms with Crippen molar-refractivity contribution in [1.82, 2.24) is 15.1 Å². The van der Waals surface area contributed by atoms with Crippen molar-refractivity contribution in [2.24, 2.45) is 0 Å². The number of aliphatic hydroxyl groups excluding tert-OH is 1. The van der Waals surface area contributed by atoms with Gasteiger partial charge in [0.25, 0.3) is 0 Å². The summed E-state index contributed by atoms with van der Waals surface area (Å²) in [6.07, 6.45) is 1.73. The fraction of sp³-hybridized carbons (Fsp3) is 0.632. The summed E-state index contributed by atoms with van der Waals surface area (Å²) >= 11 is 0. The number of nitrogens with one attached hydrogen (secondary N) is 1. The van der Waals surface area contributed by atoms with E-state index in [-0.39, 0.29) is 11.9 Å². The number of ether oxygens (including phenoxy) is 1. The smallest absolute Gasteiger partial charge is 0.237 e. The minimum absolute atomic E-state index is 0.0749. The second-order valence-electron chi connectivity index (χ2n) is 7.07. The van der Waals surface area contributed by atoms with Crippen LogP contribution in [-0.4, -0.2) is 78.3 Å². The fourth-order valence-electron chi connectivity index (χ4n) is 3.11. The number of benzene rings is 1. The second-order valence-corrected chi connectivity index (χ2v) is 7.07. The number of hydrogen-bond donors (Lipinski definition) is 2. The van der Waals surface area contributed by atoms with E-state index in [0.717, 1.165) is 44.8 Å². The molecule has 6 heteroatoms. The van der Waals surface area contributed by atoms with E-state index < -0.39 is 6.10 Å². The quantitative estimate of drug-likeness (QED) is 0.725. The van der Waals surface area contributed by atoms with Crippen molar-refractivity contribution in [1.29, 1.82) is 0 Å². The van der Waals surface area contributed by atoms with Gasteiger partial charge in [0.05, 0.1) is 6.04 Å². The lowest BCUT2D eigenvalue weighted by atomic mass is 10.2. The van der Waals surface area contributed by atoms with Crippen LogP contribution in [-0.2, 0) is 4.79 Å². The van der Waals surface area contributed by atoms with Crippen molar-refractivity contribution >= 4 is 5.91 Å². The van der Waals surface area contributed by atoms with Crippen molar-refractivity contribution in [2.75, 3.05) is 39.3 Å². The predicted octanol–water partition coefficient (Wildman–Crippen LogP) is 0.711. The fourth-order valence-corrected chi connectivity index (χ4v) is 3.11. The van der Waals surface area contributed by atoms with Crippen LogP contribution in [0, 0.1) is 0 Å². The van der Waals surface area contributed by atoms with Gasteiger partial charge in [0.15, 0.2) is 0 Å². The molecule has 1 saturated heterocycles.